The second-order valence-electron chi connectivity index (χ2n) is 5.54. The van der Waals surface area contributed by atoms with Gasteiger partial charge in [0.05, 0.1) is 6.26 Å². The maximum Gasteiger partial charge on any atom is 0.209 e. The van der Waals surface area contributed by atoms with E-state index in [1.807, 2.05) is 6.26 Å². The molecule has 1 aliphatic carbocycles. The van der Waals surface area contributed by atoms with Gasteiger partial charge in [-0.2, -0.15) is 0 Å². The third-order valence-corrected chi connectivity index (χ3v) is 5.36. The normalized spacial score (nSPS) is 18.9. The Hall–Kier alpha value is -0.520. The topological polar surface area (TPSA) is 46.2 Å². The molecule has 0 aliphatic heterocycles. The van der Waals surface area contributed by atoms with E-state index in [0.29, 0.717) is 5.92 Å². The Morgan fingerprint density at radius 1 is 1.15 bits per heavy atom. The summed E-state index contributed by atoms with van der Waals surface area (Å²) in [5.41, 5.74) is 1.08. The zero-order chi connectivity index (χ0) is 14.6. The van der Waals surface area contributed by atoms with Gasteiger partial charge in [0, 0.05) is 10.9 Å². The monoisotopic (exact) mass is 313 g/mol. The molecule has 1 aromatic carbocycles. The Bertz CT molecular complexity index is 519. The summed E-state index contributed by atoms with van der Waals surface area (Å²) in [5.74, 6) is 0.415. The van der Waals surface area contributed by atoms with Crippen LogP contribution in [0.1, 0.15) is 43.7 Å². The first-order valence-electron chi connectivity index (χ1n) is 7.11. The number of sulfonamides is 1. The largest absolute Gasteiger partial charge is 0.213 e. The molecule has 1 fully saturated rings. The van der Waals surface area contributed by atoms with Crippen LogP contribution in [0.15, 0.2) is 29.2 Å². The van der Waals surface area contributed by atoms with E-state index in [9.17, 15) is 8.42 Å². The van der Waals surface area contributed by atoms with Crippen molar-refractivity contribution in [2.24, 2.45) is 5.92 Å². The van der Waals surface area contributed by atoms with Gasteiger partial charge in [-0.05, 0) is 42.7 Å². The van der Waals surface area contributed by atoms with Gasteiger partial charge in [0.1, 0.15) is 0 Å². The molecule has 112 valence electrons. The summed E-state index contributed by atoms with van der Waals surface area (Å²) in [6, 6.07) is 8.17. The van der Waals surface area contributed by atoms with Crippen LogP contribution in [0.2, 0.25) is 0 Å². The van der Waals surface area contributed by atoms with Crippen LogP contribution in [0.25, 0.3) is 0 Å². The van der Waals surface area contributed by atoms with Crippen molar-refractivity contribution in [3.05, 3.63) is 29.8 Å². The zero-order valence-corrected chi connectivity index (χ0v) is 13.8. The van der Waals surface area contributed by atoms with Gasteiger partial charge in [-0.25, -0.2) is 13.1 Å². The first-order chi connectivity index (χ1) is 9.49. The summed E-state index contributed by atoms with van der Waals surface area (Å²) >= 11 is 1.70. The number of thioether (sulfide) groups is 1. The predicted molar refractivity (Wildman–Crippen MR) is 85.5 cm³/mol. The van der Waals surface area contributed by atoms with Crippen molar-refractivity contribution in [3.63, 3.8) is 0 Å². The Kier molecular flexibility index (Phi) is 5.52. The number of rotatable bonds is 5. The molecule has 0 spiro atoms. The van der Waals surface area contributed by atoms with E-state index < -0.39 is 10.0 Å². The average Bonchev–Trinajstić information content (AvgIpc) is 2.45. The number of nitrogens with one attached hydrogen (secondary N) is 1. The molecule has 0 heterocycles. The lowest BCUT2D eigenvalue weighted by atomic mass is 9.81. The van der Waals surface area contributed by atoms with Crippen LogP contribution in [0.3, 0.4) is 0 Å². The highest BCUT2D eigenvalue weighted by molar-refractivity contribution is 7.98. The summed E-state index contributed by atoms with van der Waals surface area (Å²) < 4.78 is 26.2. The van der Waals surface area contributed by atoms with Crippen LogP contribution < -0.4 is 4.72 Å². The van der Waals surface area contributed by atoms with Gasteiger partial charge in [0.15, 0.2) is 0 Å². The fourth-order valence-corrected chi connectivity index (χ4v) is 4.14. The van der Waals surface area contributed by atoms with Crippen molar-refractivity contribution in [2.45, 2.75) is 43.0 Å². The molecule has 1 aliphatic rings. The van der Waals surface area contributed by atoms with Gasteiger partial charge in [-0.3, -0.25) is 0 Å². The van der Waals surface area contributed by atoms with E-state index in [-0.39, 0.29) is 6.04 Å². The SMILES string of the molecule is CSc1ccc(C(NS(C)(=O)=O)C2CCCCC2)cc1. The quantitative estimate of drug-likeness (QED) is 0.845. The molecule has 1 aromatic rings. The van der Waals surface area contributed by atoms with E-state index in [1.54, 1.807) is 11.8 Å². The van der Waals surface area contributed by atoms with Gasteiger partial charge < -0.3 is 0 Å². The lowest BCUT2D eigenvalue weighted by Gasteiger charge is -2.30. The fraction of sp³-hybridized carbons (Fsp3) is 0.600. The number of benzene rings is 1. The van der Waals surface area contributed by atoms with Crippen LogP contribution in [-0.2, 0) is 10.0 Å². The van der Waals surface area contributed by atoms with Crippen molar-refractivity contribution in [1.82, 2.24) is 4.72 Å². The van der Waals surface area contributed by atoms with E-state index >= 15 is 0 Å². The molecule has 2 rings (SSSR count). The molecule has 1 unspecified atom stereocenters. The molecule has 0 amide bonds. The summed E-state index contributed by atoms with van der Waals surface area (Å²) in [5, 5.41) is 0. The predicted octanol–water partition coefficient (Wildman–Crippen LogP) is 3.58. The van der Waals surface area contributed by atoms with Gasteiger partial charge in [-0.15, -0.1) is 11.8 Å². The maximum atomic E-state index is 11.7. The van der Waals surface area contributed by atoms with Crippen LogP contribution in [0.4, 0.5) is 0 Å². The third-order valence-electron chi connectivity index (χ3n) is 3.94. The van der Waals surface area contributed by atoms with Crippen LogP contribution in [0, 0.1) is 5.92 Å². The van der Waals surface area contributed by atoms with Crippen LogP contribution in [-0.4, -0.2) is 20.9 Å². The molecule has 0 bridgehead atoms. The second kappa shape index (κ2) is 6.96. The molecule has 0 aromatic heterocycles. The van der Waals surface area contributed by atoms with Crippen molar-refractivity contribution < 1.29 is 8.42 Å². The lowest BCUT2D eigenvalue weighted by Crippen LogP contribution is -2.33. The van der Waals surface area contributed by atoms with Gasteiger partial charge in [-0.1, -0.05) is 31.4 Å². The highest BCUT2D eigenvalue weighted by Gasteiger charge is 2.27. The number of hydrogen-bond acceptors (Lipinski definition) is 3. The fourth-order valence-electron chi connectivity index (χ4n) is 2.95. The molecule has 1 N–H and O–H groups in total. The first-order valence-corrected chi connectivity index (χ1v) is 10.2. The summed E-state index contributed by atoms with van der Waals surface area (Å²) in [6.07, 6.45) is 9.19. The molecular formula is C15H23NO2S2. The van der Waals surface area contributed by atoms with E-state index in [0.717, 1.165) is 18.4 Å². The third kappa shape index (κ3) is 4.50. The zero-order valence-electron chi connectivity index (χ0n) is 12.1. The molecule has 0 saturated heterocycles. The molecule has 1 atom stereocenters. The van der Waals surface area contributed by atoms with Crippen molar-refractivity contribution in [2.75, 3.05) is 12.5 Å². The van der Waals surface area contributed by atoms with Crippen molar-refractivity contribution >= 4 is 21.8 Å². The summed E-state index contributed by atoms with van der Waals surface area (Å²) in [6.45, 7) is 0. The second-order valence-corrected chi connectivity index (χ2v) is 8.20. The standard InChI is InChI=1S/C15H23NO2S2/c1-19-14-10-8-13(9-11-14)15(16-20(2,17)18)12-6-4-3-5-7-12/h8-12,15-16H,3-7H2,1-2H3. The molecule has 20 heavy (non-hydrogen) atoms. The number of hydrogen-bond donors (Lipinski definition) is 1. The smallest absolute Gasteiger partial charge is 0.209 e. The van der Waals surface area contributed by atoms with E-state index in [4.69, 9.17) is 0 Å². The Morgan fingerprint density at radius 2 is 1.75 bits per heavy atom. The molecule has 3 nitrogen and oxygen atoms in total. The molecule has 5 heteroatoms. The minimum atomic E-state index is -3.19. The van der Waals surface area contributed by atoms with Gasteiger partial charge >= 0.3 is 0 Å². The minimum Gasteiger partial charge on any atom is -0.213 e. The van der Waals surface area contributed by atoms with Crippen LogP contribution in [0.5, 0.6) is 0 Å². The minimum absolute atomic E-state index is 0.0822. The summed E-state index contributed by atoms with van der Waals surface area (Å²) in [4.78, 5) is 1.20. The first kappa shape index (κ1) is 15.9. The highest BCUT2D eigenvalue weighted by atomic mass is 32.2. The van der Waals surface area contributed by atoms with Gasteiger partial charge in [0.2, 0.25) is 10.0 Å². The summed E-state index contributed by atoms with van der Waals surface area (Å²) in [7, 11) is -3.19. The van der Waals surface area contributed by atoms with E-state index in [1.165, 1.54) is 30.4 Å². The Morgan fingerprint density at radius 3 is 2.25 bits per heavy atom. The van der Waals surface area contributed by atoms with Crippen LogP contribution >= 0.6 is 11.8 Å². The van der Waals surface area contributed by atoms with Crippen molar-refractivity contribution in [1.29, 1.82) is 0 Å². The average molecular weight is 313 g/mol. The highest BCUT2D eigenvalue weighted by Crippen LogP contribution is 2.35. The lowest BCUT2D eigenvalue weighted by molar-refractivity contribution is 0.294. The Balaban J connectivity index is 2.23. The molecular weight excluding hydrogens is 290 g/mol. The molecule has 1 saturated carbocycles. The Labute approximate surface area is 126 Å². The van der Waals surface area contributed by atoms with Crippen molar-refractivity contribution in [3.8, 4) is 0 Å². The maximum absolute atomic E-state index is 11.7. The van der Waals surface area contributed by atoms with E-state index in [2.05, 4.69) is 29.0 Å². The molecule has 0 radical (unpaired) electrons. The van der Waals surface area contributed by atoms with Gasteiger partial charge in [0.25, 0.3) is 0 Å².